The number of anilines is 1. The van der Waals surface area contributed by atoms with Gasteiger partial charge >= 0.3 is 0 Å². The average molecular weight is 181 g/mol. The minimum atomic E-state index is 0.357. The minimum absolute atomic E-state index is 0.357. The van der Waals surface area contributed by atoms with Gasteiger partial charge in [-0.15, -0.1) is 0 Å². The molecular formula is C8H15N5. The maximum Gasteiger partial charge on any atom is 0.194 e. The third kappa shape index (κ3) is 2.47. The van der Waals surface area contributed by atoms with Gasteiger partial charge in [0.15, 0.2) is 11.8 Å². The highest BCUT2D eigenvalue weighted by atomic mass is 15.3. The molecule has 5 heteroatoms. The molecule has 72 valence electrons. The number of guanidine groups is 1. The SMILES string of the molecule is CN=C(N)Nc1ccn(C(C)C)n1. The molecule has 0 bridgehead atoms. The van der Waals surface area contributed by atoms with Gasteiger partial charge in [0, 0.05) is 25.4 Å². The van der Waals surface area contributed by atoms with Crippen molar-refractivity contribution in [3.8, 4) is 0 Å². The third-order valence-electron chi connectivity index (χ3n) is 1.63. The van der Waals surface area contributed by atoms with Crippen molar-refractivity contribution >= 4 is 11.8 Å². The molecule has 0 spiro atoms. The van der Waals surface area contributed by atoms with Gasteiger partial charge in [-0.25, -0.2) is 0 Å². The fourth-order valence-corrected chi connectivity index (χ4v) is 0.879. The van der Waals surface area contributed by atoms with Crippen LogP contribution in [0.2, 0.25) is 0 Å². The molecule has 0 aliphatic heterocycles. The highest BCUT2D eigenvalue weighted by molar-refractivity contribution is 5.91. The number of aromatic nitrogens is 2. The molecule has 1 heterocycles. The zero-order valence-corrected chi connectivity index (χ0v) is 8.15. The Kier molecular flexibility index (Phi) is 2.89. The lowest BCUT2D eigenvalue weighted by molar-refractivity contribution is 0.534. The molecule has 0 amide bonds. The van der Waals surface area contributed by atoms with Crippen LogP contribution in [-0.4, -0.2) is 22.8 Å². The number of nitrogens with one attached hydrogen (secondary N) is 1. The van der Waals surface area contributed by atoms with E-state index in [4.69, 9.17) is 5.73 Å². The zero-order valence-electron chi connectivity index (χ0n) is 8.15. The van der Waals surface area contributed by atoms with Crippen molar-refractivity contribution in [1.82, 2.24) is 9.78 Å². The van der Waals surface area contributed by atoms with Crippen LogP contribution in [0.15, 0.2) is 17.3 Å². The lowest BCUT2D eigenvalue weighted by Gasteiger charge is -2.04. The maximum absolute atomic E-state index is 5.48. The van der Waals surface area contributed by atoms with Crippen molar-refractivity contribution in [2.45, 2.75) is 19.9 Å². The summed E-state index contributed by atoms with van der Waals surface area (Å²) >= 11 is 0. The Balaban J connectivity index is 2.69. The fraction of sp³-hybridized carbons (Fsp3) is 0.500. The highest BCUT2D eigenvalue weighted by Gasteiger charge is 2.01. The monoisotopic (exact) mass is 181 g/mol. The molecule has 0 aliphatic carbocycles. The molecule has 0 saturated carbocycles. The molecule has 0 atom stereocenters. The number of nitrogens with zero attached hydrogens (tertiary/aromatic N) is 3. The molecule has 1 aromatic rings. The molecule has 0 saturated heterocycles. The average Bonchev–Trinajstić information content (AvgIpc) is 2.52. The summed E-state index contributed by atoms with van der Waals surface area (Å²) in [5.41, 5.74) is 5.48. The first-order valence-electron chi connectivity index (χ1n) is 4.18. The van der Waals surface area contributed by atoms with E-state index in [0.717, 1.165) is 5.82 Å². The van der Waals surface area contributed by atoms with Crippen molar-refractivity contribution in [1.29, 1.82) is 0 Å². The van der Waals surface area contributed by atoms with Crippen molar-refractivity contribution < 1.29 is 0 Å². The van der Waals surface area contributed by atoms with E-state index in [1.165, 1.54) is 0 Å². The second-order valence-corrected chi connectivity index (χ2v) is 3.01. The standard InChI is InChI=1S/C8H15N5/c1-6(2)13-5-4-7(12-13)11-8(9)10-3/h4-6H,1-3H3,(H3,9,10,11,12). The molecule has 0 unspecified atom stereocenters. The van der Waals surface area contributed by atoms with Crippen LogP contribution in [0.1, 0.15) is 19.9 Å². The first kappa shape index (κ1) is 9.57. The Morgan fingerprint density at radius 1 is 1.69 bits per heavy atom. The Morgan fingerprint density at radius 2 is 2.38 bits per heavy atom. The molecule has 0 radical (unpaired) electrons. The molecule has 5 nitrogen and oxygen atoms in total. The van der Waals surface area contributed by atoms with Gasteiger partial charge in [-0.1, -0.05) is 0 Å². The predicted molar refractivity (Wildman–Crippen MR) is 53.8 cm³/mol. The Labute approximate surface area is 77.6 Å². The largest absolute Gasteiger partial charge is 0.370 e. The quantitative estimate of drug-likeness (QED) is 0.524. The summed E-state index contributed by atoms with van der Waals surface area (Å²) in [4.78, 5) is 3.77. The zero-order chi connectivity index (χ0) is 9.84. The molecule has 3 N–H and O–H groups in total. The molecule has 0 fully saturated rings. The van der Waals surface area contributed by atoms with Crippen molar-refractivity contribution in [3.63, 3.8) is 0 Å². The van der Waals surface area contributed by atoms with Crippen molar-refractivity contribution in [2.75, 3.05) is 12.4 Å². The van der Waals surface area contributed by atoms with Crippen LogP contribution < -0.4 is 11.1 Å². The van der Waals surface area contributed by atoms with Gasteiger partial charge in [-0.2, -0.15) is 5.10 Å². The van der Waals surface area contributed by atoms with Crippen LogP contribution in [0.25, 0.3) is 0 Å². The summed E-state index contributed by atoms with van der Waals surface area (Å²) < 4.78 is 1.85. The summed E-state index contributed by atoms with van der Waals surface area (Å²) in [6.45, 7) is 4.13. The Bertz CT molecular complexity index is 299. The molecule has 0 aromatic carbocycles. The summed E-state index contributed by atoms with van der Waals surface area (Å²) in [7, 11) is 1.63. The van der Waals surface area contributed by atoms with E-state index >= 15 is 0 Å². The molecule has 1 rings (SSSR count). The summed E-state index contributed by atoms with van der Waals surface area (Å²) in [6, 6.07) is 2.22. The van der Waals surface area contributed by atoms with Gasteiger partial charge in [-0.05, 0) is 13.8 Å². The van der Waals surface area contributed by atoms with Crippen LogP contribution in [-0.2, 0) is 0 Å². The first-order chi connectivity index (χ1) is 6.13. The maximum atomic E-state index is 5.48. The topological polar surface area (TPSA) is 68.2 Å². The van der Waals surface area contributed by atoms with E-state index in [1.807, 2.05) is 16.9 Å². The molecular weight excluding hydrogens is 166 g/mol. The normalized spacial score (nSPS) is 12.2. The van der Waals surface area contributed by atoms with E-state index in [9.17, 15) is 0 Å². The molecule has 1 aromatic heterocycles. The van der Waals surface area contributed by atoms with Gasteiger partial charge in [0.05, 0.1) is 0 Å². The first-order valence-corrected chi connectivity index (χ1v) is 4.18. The van der Waals surface area contributed by atoms with Gasteiger partial charge in [-0.3, -0.25) is 9.67 Å². The van der Waals surface area contributed by atoms with E-state index in [1.54, 1.807) is 7.05 Å². The Hall–Kier alpha value is -1.52. The van der Waals surface area contributed by atoms with Crippen LogP contribution in [0.5, 0.6) is 0 Å². The fourth-order valence-electron chi connectivity index (χ4n) is 0.879. The number of aliphatic imine (C=N–C) groups is 1. The van der Waals surface area contributed by atoms with Crippen molar-refractivity contribution in [3.05, 3.63) is 12.3 Å². The van der Waals surface area contributed by atoms with Gasteiger partial charge in [0.2, 0.25) is 0 Å². The molecule has 0 aliphatic rings. The second kappa shape index (κ2) is 3.93. The van der Waals surface area contributed by atoms with Crippen LogP contribution >= 0.6 is 0 Å². The smallest absolute Gasteiger partial charge is 0.194 e. The van der Waals surface area contributed by atoms with Gasteiger partial charge in [0.1, 0.15) is 0 Å². The summed E-state index contributed by atoms with van der Waals surface area (Å²) in [6.07, 6.45) is 1.90. The second-order valence-electron chi connectivity index (χ2n) is 3.01. The number of rotatable bonds is 2. The van der Waals surface area contributed by atoms with Crippen molar-refractivity contribution in [2.24, 2.45) is 10.7 Å². The summed E-state index contributed by atoms with van der Waals surface area (Å²) in [5.74, 6) is 1.09. The van der Waals surface area contributed by atoms with E-state index < -0.39 is 0 Å². The summed E-state index contributed by atoms with van der Waals surface area (Å²) in [5, 5.41) is 7.11. The van der Waals surface area contributed by atoms with Gasteiger partial charge in [0.25, 0.3) is 0 Å². The predicted octanol–water partition coefficient (Wildman–Crippen LogP) is 0.820. The molecule has 13 heavy (non-hydrogen) atoms. The number of hydrogen-bond acceptors (Lipinski definition) is 2. The lowest BCUT2D eigenvalue weighted by Crippen LogP contribution is -2.22. The lowest BCUT2D eigenvalue weighted by atomic mass is 10.4. The Morgan fingerprint density at radius 3 is 2.85 bits per heavy atom. The van der Waals surface area contributed by atoms with E-state index in [-0.39, 0.29) is 0 Å². The third-order valence-corrected chi connectivity index (χ3v) is 1.63. The minimum Gasteiger partial charge on any atom is -0.370 e. The van der Waals surface area contributed by atoms with E-state index in [0.29, 0.717) is 12.0 Å². The number of hydrogen-bond donors (Lipinski definition) is 2. The van der Waals surface area contributed by atoms with E-state index in [2.05, 4.69) is 29.3 Å². The van der Waals surface area contributed by atoms with Crippen LogP contribution in [0.3, 0.4) is 0 Å². The highest BCUT2D eigenvalue weighted by Crippen LogP contribution is 2.07. The van der Waals surface area contributed by atoms with Gasteiger partial charge < -0.3 is 11.1 Å². The number of nitrogens with two attached hydrogens (primary N) is 1. The van der Waals surface area contributed by atoms with Crippen LogP contribution in [0.4, 0.5) is 5.82 Å². The van der Waals surface area contributed by atoms with Crippen LogP contribution in [0, 0.1) is 0 Å².